The van der Waals surface area contributed by atoms with Crippen molar-refractivity contribution in [3.05, 3.63) is 41.5 Å². The number of aromatic hydroxyl groups is 3. The van der Waals surface area contributed by atoms with E-state index in [2.05, 4.69) is 0 Å². The van der Waals surface area contributed by atoms with Crippen LogP contribution in [0.2, 0.25) is 0 Å². The Morgan fingerprint density at radius 2 is 1.80 bits per heavy atom. The summed E-state index contributed by atoms with van der Waals surface area (Å²) in [6.45, 7) is 3.53. The number of carbonyl (C=O) groups excluding carboxylic acids is 1. The van der Waals surface area contributed by atoms with Crippen molar-refractivity contribution < 1.29 is 34.7 Å². The molecule has 0 bridgehead atoms. The zero-order valence-corrected chi connectivity index (χ0v) is 13.6. The Morgan fingerprint density at radius 1 is 1.08 bits per heavy atom. The zero-order chi connectivity index (χ0) is 18.3. The van der Waals surface area contributed by atoms with Crippen molar-refractivity contribution in [2.24, 2.45) is 0 Å². The van der Waals surface area contributed by atoms with Gasteiger partial charge in [0.2, 0.25) is 5.78 Å². The summed E-state index contributed by atoms with van der Waals surface area (Å²) in [6, 6.07) is 6.42. The first-order valence-corrected chi connectivity index (χ1v) is 7.72. The van der Waals surface area contributed by atoms with E-state index in [1.165, 1.54) is 30.3 Å². The van der Waals surface area contributed by atoms with Crippen molar-refractivity contribution in [2.45, 2.75) is 32.2 Å². The van der Waals surface area contributed by atoms with Gasteiger partial charge in [-0.25, -0.2) is 0 Å². The number of carbonyl (C=O) groups is 1. The quantitative estimate of drug-likeness (QED) is 0.630. The predicted molar refractivity (Wildman–Crippen MR) is 87.3 cm³/mol. The third-order valence-electron chi connectivity index (χ3n) is 3.80. The van der Waals surface area contributed by atoms with Gasteiger partial charge in [-0.15, -0.1) is 0 Å². The topological polar surface area (TPSA) is 116 Å². The van der Waals surface area contributed by atoms with Crippen LogP contribution in [0.15, 0.2) is 30.3 Å². The highest BCUT2D eigenvalue weighted by atomic mass is 16.5. The first-order chi connectivity index (χ1) is 11.8. The average Bonchev–Trinajstić information content (AvgIpc) is 2.52. The largest absolute Gasteiger partial charge is 0.508 e. The van der Waals surface area contributed by atoms with Gasteiger partial charge in [0.05, 0.1) is 6.10 Å². The molecule has 0 saturated heterocycles. The second-order valence-corrected chi connectivity index (χ2v) is 6.08. The van der Waals surface area contributed by atoms with E-state index < -0.39 is 23.7 Å². The first-order valence-electron chi connectivity index (χ1n) is 7.72. The van der Waals surface area contributed by atoms with E-state index in [-0.39, 0.29) is 34.7 Å². The van der Waals surface area contributed by atoms with Crippen molar-refractivity contribution in [1.82, 2.24) is 0 Å². The van der Waals surface area contributed by atoms with Crippen LogP contribution in [0.5, 0.6) is 28.7 Å². The van der Waals surface area contributed by atoms with Crippen molar-refractivity contribution in [1.29, 1.82) is 0 Å². The molecule has 132 valence electrons. The fourth-order valence-corrected chi connectivity index (χ4v) is 2.71. The Labute approximate surface area is 143 Å². The predicted octanol–water partition coefficient (Wildman–Crippen LogP) is 2.27. The number of hydrogen-bond donors (Lipinski definition) is 4. The lowest BCUT2D eigenvalue weighted by molar-refractivity contribution is 0.0206. The summed E-state index contributed by atoms with van der Waals surface area (Å²) in [5.74, 6) is -1.29. The third kappa shape index (κ3) is 3.06. The molecule has 25 heavy (non-hydrogen) atoms. The van der Waals surface area contributed by atoms with Crippen molar-refractivity contribution in [3.63, 3.8) is 0 Å². The number of phenols is 3. The third-order valence-corrected chi connectivity index (χ3v) is 3.80. The van der Waals surface area contributed by atoms with Gasteiger partial charge in [0.25, 0.3) is 0 Å². The monoisotopic (exact) mass is 346 g/mol. The van der Waals surface area contributed by atoms with Gasteiger partial charge >= 0.3 is 0 Å². The number of phenolic OH excluding ortho intramolecular Hbond substituents is 3. The molecule has 0 amide bonds. The molecule has 0 aliphatic carbocycles. The summed E-state index contributed by atoms with van der Waals surface area (Å²) in [7, 11) is 0. The summed E-state index contributed by atoms with van der Waals surface area (Å²) in [4.78, 5) is 12.7. The number of benzene rings is 2. The van der Waals surface area contributed by atoms with Gasteiger partial charge in [0.1, 0.15) is 22.8 Å². The standard InChI is InChI=1S/C18H18O7/c1-8(2)24-13-6-10(19)7-14-15(13)16(22)17(23)18(25-14)9-3-4-11(20)12(21)5-9/h3-8,17-21,23H,1-2H3. The van der Waals surface area contributed by atoms with Gasteiger partial charge in [-0.2, -0.15) is 0 Å². The van der Waals surface area contributed by atoms with E-state index in [1.807, 2.05) is 0 Å². The van der Waals surface area contributed by atoms with Crippen molar-refractivity contribution in [2.75, 3.05) is 0 Å². The Balaban J connectivity index is 2.06. The lowest BCUT2D eigenvalue weighted by Gasteiger charge is -2.31. The molecule has 2 atom stereocenters. The van der Waals surface area contributed by atoms with E-state index in [4.69, 9.17) is 9.47 Å². The zero-order valence-electron chi connectivity index (χ0n) is 13.6. The number of Topliss-reactive ketones (excluding diaryl/α,β-unsaturated/α-hetero) is 1. The van der Waals surface area contributed by atoms with Crippen LogP contribution >= 0.6 is 0 Å². The minimum Gasteiger partial charge on any atom is -0.508 e. The van der Waals surface area contributed by atoms with Gasteiger partial charge in [-0.3, -0.25) is 4.79 Å². The van der Waals surface area contributed by atoms with Crippen LogP contribution in [0, 0.1) is 0 Å². The van der Waals surface area contributed by atoms with Crippen molar-refractivity contribution in [3.8, 4) is 28.7 Å². The van der Waals surface area contributed by atoms with Gasteiger partial charge in [-0.1, -0.05) is 6.07 Å². The fraction of sp³-hybridized carbons (Fsp3) is 0.278. The Kier molecular flexibility index (Phi) is 4.18. The maximum absolute atomic E-state index is 12.7. The van der Waals surface area contributed by atoms with Crippen LogP contribution in [0.4, 0.5) is 0 Å². The average molecular weight is 346 g/mol. The number of hydrogen-bond acceptors (Lipinski definition) is 7. The van der Waals surface area contributed by atoms with Gasteiger partial charge in [-0.05, 0) is 31.5 Å². The maximum Gasteiger partial charge on any atom is 0.202 e. The number of ether oxygens (including phenoxy) is 2. The second kappa shape index (κ2) is 6.18. The lowest BCUT2D eigenvalue weighted by atomic mass is 9.92. The SMILES string of the molecule is CC(C)Oc1cc(O)cc2c1C(=O)C(O)C(c1ccc(O)c(O)c1)O2. The molecule has 1 aliphatic rings. The molecule has 7 heteroatoms. The van der Waals surface area contributed by atoms with Crippen LogP contribution in [0.1, 0.15) is 35.9 Å². The fourth-order valence-electron chi connectivity index (χ4n) is 2.71. The number of ketones is 1. The highest BCUT2D eigenvalue weighted by Gasteiger charge is 2.39. The summed E-state index contributed by atoms with van der Waals surface area (Å²) < 4.78 is 11.2. The van der Waals surface area contributed by atoms with Crippen LogP contribution in [0.25, 0.3) is 0 Å². The number of aliphatic hydroxyl groups is 1. The highest BCUT2D eigenvalue weighted by Crippen LogP contribution is 2.43. The molecule has 2 unspecified atom stereocenters. The minimum absolute atomic E-state index is 0.0539. The van der Waals surface area contributed by atoms with E-state index in [1.54, 1.807) is 13.8 Å². The Hall–Kier alpha value is -2.93. The summed E-state index contributed by atoms with van der Waals surface area (Å²) >= 11 is 0. The van der Waals surface area contributed by atoms with Crippen LogP contribution in [0.3, 0.4) is 0 Å². The molecule has 0 spiro atoms. The number of aliphatic hydroxyl groups excluding tert-OH is 1. The molecule has 0 aromatic heterocycles. The van der Waals surface area contributed by atoms with E-state index in [0.29, 0.717) is 5.56 Å². The van der Waals surface area contributed by atoms with Gasteiger partial charge in [0, 0.05) is 12.1 Å². The van der Waals surface area contributed by atoms with Crippen LogP contribution in [-0.2, 0) is 0 Å². The normalized spacial score (nSPS) is 19.4. The van der Waals surface area contributed by atoms with E-state index >= 15 is 0 Å². The van der Waals surface area contributed by atoms with Gasteiger partial charge in [0.15, 0.2) is 23.7 Å². The number of rotatable bonds is 3. The first kappa shape index (κ1) is 16.9. The summed E-state index contributed by atoms with van der Waals surface area (Å²) in [5.41, 5.74) is 0.356. The second-order valence-electron chi connectivity index (χ2n) is 6.08. The Morgan fingerprint density at radius 3 is 2.44 bits per heavy atom. The molecule has 2 aromatic carbocycles. The maximum atomic E-state index is 12.7. The molecular weight excluding hydrogens is 328 g/mol. The Bertz CT molecular complexity index is 828. The molecule has 4 N–H and O–H groups in total. The smallest absolute Gasteiger partial charge is 0.202 e. The molecular formula is C18H18O7. The summed E-state index contributed by atoms with van der Waals surface area (Å²) in [5, 5.41) is 39.3. The molecule has 3 rings (SSSR count). The highest BCUT2D eigenvalue weighted by molar-refractivity contribution is 6.05. The van der Waals surface area contributed by atoms with Crippen LogP contribution < -0.4 is 9.47 Å². The molecule has 0 fully saturated rings. The molecule has 1 aliphatic heterocycles. The van der Waals surface area contributed by atoms with Crippen LogP contribution in [-0.4, -0.2) is 38.4 Å². The molecule has 0 saturated carbocycles. The van der Waals surface area contributed by atoms with E-state index in [9.17, 15) is 25.2 Å². The molecule has 0 radical (unpaired) electrons. The minimum atomic E-state index is -1.53. The number of fused-ring (bicyclic) bond motifs is 1. The van der Waals surface area contributed by atoms with Crippen molar-refractivity contribution >= 4 is 5.78 Å². The lowest BCUT2D eigenvalue weighted by Crippen LogP contribution is -2.36. The molecule has 1 heterocycles. The van der Waals surface area contributed by atoms with E-state index in [0.717, 1.165) is 0 Å². The summed E-state index contributed by atoms with van der Waals surface area (Å²) in [6.07, 6.45) is -2.88. The molecule has 2 aromatic rings. The molecule has 7 nitrogen and oxygen atoms in total. The van der Waals surface area contributed by atoms with Gasteiger partial charge < -0.3 is 29.9 Å².